The third-order valence-corrected chi connectivity index (χ3v) is 7.23. The van der Waals surface area contributed by atoms with Crippen LogP contribution in [0.1, 0.15) is 41.5 Å². The van der Waals surface area contributed by atoms with Crippen LogP contribution < -0.4 is 17.0 Å². The quantitative estimate of drug-likeness (QED) is 0.376. The molecule has 0 radical (unpaired) electrons. The van der Waals surface area contributed by atoms with Crippen LogP contribution in [-0.4, -0.2) is 52.9 Å². The van der Waals surface area contributed by atoms with Crippen molar-refractivity contribution in [2.24, 2.45) is 14.1 Å². The van der Waals surface area contributed by atoms with Crippen LogP contribution in [0.2, 0.25) is 0 Å². The summed E-state index contributed by atoms with van der Waals surface area (Å²) in [6, 6.07) is 10.0. The van der Waals surface area contributed by atoms with Gasteiger partial charge in [-0.1, -0.05) is 42.1 Å². The van der Waals surface area contributed by atoms with E-state index in [2.05, 4.69) is 15.1 Å². The molecule has 3 heterocycles. The van der Waals surface area contributed by atoms with Crippen molar-refractivity contribution in [3.05, 3.63) is 68.1 Å². The minimum Gasteiger partial charge on any atom is -0.384 e. The maximum absolute atomic E-state index is 13.3. The molecule has 1 unspecified atom stereocenters. The summed E-state index contributed by atoms with van der Waals surface area (Å²) in [6.45, 7) is 5.04. The Kier molecular flexibility index (Phi) is 7.03. The zero-order valence-electron chi connectivity index (χ0n) is 19.6. The van der Waals surface area contributed by atoms with Gasteiger partial charge < -0.3 is 10.3 Å². The molecular formula is C23H29N7O3S. The van der Waals surface area contributed by atoms with E-state index in [-0.39, 0.29) is 11.4 Å². The molecule has 11 heteroatoms. The summed E-state index contributed by atoms with van der Waals surface area (Å²) < 4.78 is 4.04. The normalized spacial score (nSPS) is 15.0. The molecule has 2 N–H and O–H groups in total. The van der Waals surface area contributed by atoms with Crippen LogP contribution in [0.3, 0.4) is 0 Å². The summed E-state index contributed by atoms with van der Waals surface area (Å²) in [4.78, 5) is 40.4. The van der Waals surface area contributed by atoms with Gasteiger partial charge in [0.1, 0.15) is 17.2 Å². The molecule has 1 aliphatic rings. The Morgan fingerprint density at radius 3 is 2.41 bits per heavy atom. The van der Waals surface area contributed by atoms with E-state index < -0.39 is 22.3 Å². The van der Waals surface area contributed by atoms with Crippen LogP contribution in [0.15, 0.2) is 45.1 Å². The molecule has 0 aliphatic carbocycles. The van der Waals surface area contributed by atoms with Crippen molar-refractivity contribution in [3.8, 4) is 0 Å². The second kappa shape index (κ2) is 9.98. The molecule has 180 valence electrons. The van der Waals surface area contributed by atoms with E-state index in [1.807, 2.05) is 34.9 Å². The molecule has 0 bridgehead atoms. The molecule has 1 aromatic carbocycles. The Balaban J connectivity index is 1.64. The molecule has 1 atom stereocenters. The maximum Gasteiger partial charge on any atom is 0.332 e. The van der Waals surface area contributed by atoms with Gasteiger partial charge in [-0.3, -0.25) is 23.6 Å². The summed E-state index contributed by atoms with van der Waals surface area (Å²) in [7, 11) is 2.77. The van der Waals surface area contributed by atoms with Gasteiger partial charge in [-0.15, -0.1) is 10.2 Å². The van der Waals surface area contributed by atoms with Gasteiger partial charge >= 0.3 is 5.69 Å². The van der Waals surface area contributed by atoms with Gasteiger partial charge in [0.2, 0.25) is 0 Å². The topological polar surface area (TPSA) is 121 Å². The second-order valence-electron chi connectivity index (χ2n) is 8.54. The highest BCUT2D eigenvalue weighted by atomic mass is 32.2. The van der Waals surface area contributed by atoms with Crippen LogP contribution in [-0.2, 0) is 27.2 Å². The number of carbonyl (C=O) groups is 1. The highest BCUT2D eigenvalue weighted by molar-refractivity contribution is 8.00. The van der Waals surface area contributed by atoms with Crippen LogP contribution >= 0.6 is 11.8 Å². The van der Waals surface area contributed by atoms with Crippen LogP contribution in [0.25, 0.3) is 0 Å². The Morgan fingerprint density at radius 2 is 1.74 bits per heavy atom. The number of nitrogen functional groups attached to an aromatic ring is 1. The van der Waals surface area contributed by atoms with Crippen LogP contribution in [0.4, 0.5) is 5.82 Å². The van der Waals surface area contributed by atoms with Gasteiger partial charge in [0.25, 0.3) is 5.56 Å². The van der Waals surface area contributed by atoms with Gasteiger partial charge in [-0.25, -0.2) is 4.79 Å². The summed E-state index contributed by atoms with van der Waals surface area (Å²) >= 11 is 1.23. The lowest BCUT2D eigenvalue weighted by atomic mass is 10.1. The monoisotopic (exact) mass is 483 g/mol. The van der Waals surface area contributed by atoms with Crippen molar-refractivity contribution >= 4 is 23.4 Å². The van der Waals surface area contributed by atoms with Crippen molar-refractivity contribution in [1.29, 1.82) is 0 Å². The van der Waals surface area contributed by atoms with E-state index in [4.69, 9.17) is 5.73 Å². The van der Waals surface area contributed by atoms with Crippen molar-refractivity contribution in [2.75, 3.05) is 18.8 Å². The van der Waals surface area contributed by atoms with E-state index >= 15 is 0 Å². The Morgan fingerprint density at radius 1 is 1.06 bits per heavy atom. The van der Waals surface area contributed by atoms with Crippen molar-refractivity contribution in [2.45, 2.75) is 43.3 Å². The summed E-state index contributed by atoms with van der Waals surface area (Å²) in [5.74, 6) is 0.255. The molecule has 10 nitrogen and oxygen atoms in total. The number of anilines is 1. The summed E-state index contributed by atoms with van der Waals surface area (Å²) in [5, 5.41) is 8.77. The predicted molar refractivity (Wildman–Crippen MR) is 131 cm³/mol. The zero-order chi connectivity index (χ0) is 24.4. The third-order valence-electron chi connectivity index (χ3n) is 6.15. The second-order valence-corrected chi connectivity index (χ2v) is 9.85. The zero-order valence-corrected chi connectivity index (χ0v) is 20.4. The lowest BCUT2D eigenvalue weighted by Crippen LogP contribution is -2.42. The fourth-order valence-electron chi connectivity index (χ4n) is 4.10. The molecule has 0 saturated carbocycles. The number of rotatable bonds is 8. The van der Waals surface area contributed by atoms with E-state index in [1.165, 1.54) is 38.7 Å². The van der Waals surface area contributed by atoms with Crippen LogP contribution in [0, 0.1) is 0 Å². The first-order valence-electron chi connectivity index (χ1n) is 11.2. The largest absolute Gasteiger partial charge is 0.384 e. The molecule has 4 rings (SSSR count). The van der Waals surface area contributed by atoms with E-state index in [9.17, 15) is 14.4 Å². The molecule has 1 aliphatic heterocycles. The smallest absolute Gasteiger partial charge is 0.332 e. The number of ketones is 1. The Labute approximate surface area is 201 Å². The van der Waals surface area contributed by atoms with Gasteiger partial charge in [0, 0.05) is 14.1 Å². The molecule has 1 fully saturated rings. The lowest BCUT2D eigenvalue weighted by Gasteiger charge is -2.17. The number of thioether (sulfide) groups is 1. The molecule has 0 spiro atoms. The number of carbonyl (C=O) groups excluding carboxylic acids is 1. The fraction of sp³-hybridized carbons (Fsp3) is 0.435. The average Bonchev–Trinajstić information content (AvgIpc) is 3.48. The third kappa shape index (κ3) is 4.71. The minimum atomic E-state index is -0.696. The SMILES string of the molecule is CC(Sc1nnc(CN2CCCC2)n1Cc1ccccc1)C(=O)c1c(N)n(C)c(=O)n(C)c1=O. The van der Waals surface area contributed by atoms with Crippen molar-refractivity contribution in [1.82, 2.24) is 28.8 Å². The molecular weight excluding hydrogens is 454 g/mol. The van der Waals surface area contributed by atoms with E-state index in [1.54, 1.807) is 6.92 Å². The predicted octanol–water partition coefficient (Wildman–Crippen LogP) is 1.27. The van der Waals surface area contributed by atoms with Crippen molar-refractivity contribution < 1.29 is 4.79 Å². The highest BCUT2D eigenvalue weighted by Gasteiger charge is 2.28. The molecule has 1 saturated heterocycles. The average molecular weight is 484 g/mol. The number of aromatic nitrogens is 5. The minimum absolute atomic E-state index is 0.133. The van der Waals surface area contributed by atoms with E-state index in [0.29, 0.717) is 18.2 Å². The van der Waals surface area contributed by atoms with Crippen LogP contribution in [0.5, 0.6) is 0 Å². The highest BCUT2D eigenvalue weighted by Crippen LogP contribution is 2.27. The summed E-state index contributed by atoms with van der Waals surface area (Å²) in [6.07, 6.45) is 2.35. The lowest BCUT2D eigenvalue weighted by molar-refractivity contribution is 0.0992. The number of hydrogen-bond acceptors (Lipinski definition) is 8. The van der Waals surface area contributed by atoms with Gasteiger partial charge in [-0.2, -0.15) is 0 Å². The van der Waals surface area contributed by atoms with Gasteiger partial charge in [0.05, 0.1) is 18.3 Å². The molecule has 2 aromatic heterocycles. The number of likely N-dealkylation sites (tertiary alicyclic amines) is 1. The maximum atomic E-state index is 13.3. The van der Waals surface area contributed by atoms with Gasteiger partial charge in [0.15, 0.2) is 10.9 Å². The van der Waals surface area contributed by atoms with E-state index in [0.717, 1.165) is 33.6 Å². The first-order chi connectivity index (χ1) is 16.3. The fourth-order valence-corrected chi connectivity index (χ4v) is 5.02. The molecule has 3 aromatic rings. The number of nitrogens with two attached hydrogens (primary N) is 1. The standard InChI is InChI=1S/C23H29N7O3S/c1-15(19(31)18-20(24)27(2)23(33)28(3)21(18)32)34-22-26-25-17(14-29-11-7-8-12-29)30(22)13-16-9-5-4-6-10-16/h4-6,9-10,15H,7-8,11-14,24H2,1-3H3. The van der Waals surface area contributed by atoms with Crippen molar-refractivity contribution in [3.63, 3.8) is 0 Å². The Bertz CT molecular complexity index is 1310. The Hall–Kier alpha value is -3.18. The molecule has 34 heavy (non-hydrogen) atoms. The molecule has 0 amide bonds. The number of hydrogen-bond donors (Lipinski definition) is 1. The number of nitrogens with zero attached hydrogens (tertiary/aromatic N) is 6. The number of benzene rings is 1. The first-order valence-corrected chi connectivity index (χ1v) is 12.1. The number of Topliss-reactive ketones (excluding diaryl/α,β-unsaturated/α-hetero) is 1. The van der Waals surface area contributed by atoms with Gasteiger partial charge in [-0.05, 0) is 38.4 Å². The summed E-state index contributed by atoms with van der Waals surface area (Å²) in [5.41, 5.74) is 5.64. The first kappa shape index (κ1) is 24.0.